The lowest BCUT2D eigenvalue weighted by molar-refractivity contribution is -0.112. The lowest BCUT2D eigenvalue weighted by atomic mass is 10.1. The molecule has 0 bridgehead atoms. The molecule has 0 unspecified atom stereocenters. The minimum absolute atomic E-state index is 0.0348. The maximum Gasteiger partial charge on any atom is 0.266 e. The van der Waals surface area contributed by atoms with E-state index in [-0.39, 0.29) is 5.57 Å². The Balaban J connectivity index is 1.78. The van der Waals surface area contributed by atoms with Gasteiger partial charge < -0.3 is 10.1 Å². The second-order valence-electron chi connectivity index (χ2n) is 6.33. The number of amides is 1. The summed E-state index contributed by atoms with van der Waals surface area (Å²) in [6.45, 7) is 0.314. The molecule has 3 rings (SSSR count). The number of benzene rings is 3. The zero-order valence-electron chi connectivity index (χ0n) is 15.8. The van der Waals surface area contributed by atoms with Gasteiger partial charge in [0, 0.05) is 21.3 Å². The van der Waals surface area contributed by atoms with E-state index in [2.05, 4.69) is 43.8 Å². The van der Waals surface area contributed by atoms with Crippen molar-refractivity contribution < 1.29 is 9.53 Å². The quantitative estimate of drug-likeness (QED) is 0.175. The molecule has 0 aromatic heterocycles. The van der Waals surface area contributed by atoms with Crippen molar-refractivity contribution in [2.45, 2.75) is 6.61 Å². The summed E-state index contributed by atoms with van der Waals surface area (Å²) in [5, 5.41) is 13.3. The van der Waals surface area contributed by atoms with Crippen LogP contribution in [0.2, 0.25) is 10.0 Å². The van der Waals surface area contributed by atoms with Crippen LogP contribution in [0.4, 0.5) is 5.69 Å². The standard InChI is InChI=1S/C23H14BrCl2IN2O2/c24-19-9-14(8-16(12-28)23(30)29-18-6-3-5-17(25)11-18)10-21(27)22(19)31-13-15-4-1-2-7-20(15)26/h1-11H,13H2,(H,29,30)/b16-8+. The summed E-state index contributed by atoms with van der Waals surface area (Å²) in [7, 11) is 0. The molecule has 0 aliphatic heterocycles. The molecule has 31 heavy (non-hydrogen) atoms. The number of carbonyl (C=O) groups excluding carboxylic acids is 1. The molecular weight excluding hydrogens is 614 g/mol. The van der Waals surface area contributed by atoms with Gasteiger partial charge in [-0.15, -0.1) is 0 Å². The van der Waals surface area contributed by atoms with Gasteiger partial charge in [-0.2, -0.15) is 5.26 Å². The number of anilines is 1. The predicted octanol–water partition coefficient (Wildman–Crippen LogP) is 7.49. The van der Waals surface area contributed by atoms with Crippen LogP contribution >= 0.6 is 61.7 Å². The maximum atomic E-state index is 12.5. The summed E-state index contributed by atoms with van der Waals surface area (Å²) in [4.78, 5) is 12.5. The van der Waals surface area contributed by atoms with Crippen molar-refractivity contribution in [3.05, 3.63) is 95.5 Å². The van der Waals surface area contributed by atoms with Crippen LogP contribution in [0.1, 0.15) is 11.1 Å². The Labute approximate surface area is 212 Å². The zero-order valence-corrected chi connectivity index (χ0v) is 21.1. The summed E-state index contributed by atoms with van der Waals surface area (Å²) in [6, 6.07) is 19.8. The third-order valence-corrected chi connectivity index (χ3v) is 6.10. The molecule has 0 aliphatic rings. The topological polar surface area (TPSA) is 62.1 Å². The Morgan fingerprint density at radius 2 is 1.94 bits per heavy atom. The Kier molecular flexibility index (Phi) is 8.38. The molecule has 156 valence electrons. The Bertz CT molecular complexity index is 1190. The number of nitriles is 1. The highest BCUT2D eigenvalue weighted by molar-refractivity contribution is 14.1. The molecule has 0 radical (unpaired) electrons. The van der Waals surface area contributed by atoms with Gasteiger partial charge in [0.1, 0.15) is 24.0 Å². The summed E-state index contributed by atoms with van der Waals surface area (Å²) in [5.41, 5.74) is 2.03. The van der Waals surface area contributed by atoms with Crippen LogP contribution in [0.3, 0.4) is 0 Å². The van der Waals surface area contributed by atoms with Crippen LogP contribution in [0.25, 0.3) is 6.08 Å². The van der Waals surface area contributed by atoms with E-state index in [4.69, 9.17) is 27.9 Å². The SMILES string of the molecule is N#C/C(=C\c1cc(Br)c(OCc2ccccc2Cl)c(I)c1)C(=O)Nc1cccc(Cl)c1. The van der Waals surface area contributed by atoms with E-state index >= 15 is 0 Å². The van der Waals surface area contributed by atoms with Gasteiger partial charge in [-0.25, -0.2) is 0 Å². The number of carbonyl (C=O) groups is 1. The number of nitrogens with one attached hydrogen (secondary N) is 1. The van der Waals surface area contributed by atoms with Crippen LogP contribution in [-0.4, -0.2) is 5.91 Å². The number of hydrogen-bond donors (Lipinski definition) is 1. The van der Waals surface area contributed by atoms with E-state index in [0.29, 0.717) is 38.1 Å². The first-order valence-electron chi connectivity index (χ1n) is 8.91. The van der Waals surface area contributed by atoms with E-state index in [1.54, 1.807) is 30.3 Å². The van der Waals surface area contributed by atoms with Crippen LogP contribution in [0.5, 0.6) is 5.75 Å². The molecule has 1 N–H and O–H groups in total. The van der Waals surface area contributed by atoms with Gasteiger partial charge in [-0.1, -0.05) is 47.5 Å². The monoisotopic (exact) mass is 626 g/mol. The molecular formula is C23H14BrCl2IN2O2. The fraction of sp³-hybridized carbons (Fsp3) is 0.0435. The summed E-state index contributed by atoms with van der Waals surface area (Å²) >= 11 is 17.8. The van der Waals surface area contributed by atoms with E-state index in [0.717, 1.165) is 9.13 Å². The van der Waals surface area contributed by atoms with Gasteiger partial charge in [-0.3, -0.25) is 4.79 Å². The molecule has 0 saturated heterocycles. The molecule has 0 saturated carbocycles. The second-order valence-corrected chi connectivity index (χ2v) is 9.19. The summed E-state index contributed by atoms with van der Waals surface area (Å²) < 4.78 is 7.46. The van der Waals surface area contributed by atoms with Crippen molar-refractivity contribution in [3.8, 4) is 11.8 Å². The molecule has 0 atom stereocenters. The molecule has 3 aromatic carbocycles. The number of rotatable bonds is 6. The highest BCUT2D eigenvalue weighted by Crippen LogP contribution is 2.34. The van der Waals surface area contributed by atoms with Gasteiger partial charge in [0.15, 0.2) is 0 Å². The van der Waals surface area contributed by atoms with Gasteiger partial charge in [0.25, 0.3) is 5.91 Å². The van der Waals surface area contributed by atoms with Gasteiger partial charge >= 0.3 is 0 Å². The van der Waals surface area contributed by atoms with Crippen LogP contribution in [-0.2, 0) is 11.4 Å². The van der Waals surface area contributed by atoms with E-state index < -0.39 is 5.91 Å². The van der Waals surface area contributed by atoms with Crippen LogP contribution in [0.15, 0.2) is 70.7 Å². The smallest absolute Gasteiger partial charge is 0.266 e. The fourth-order valence-corrected chi connectivity index (χ4v) is 4.80. The van der Waals surface area contributed by atoms with E-state index in [1.807, 2.05) is 36.4 Å². The first-order chi connectivity index (χ1) is 14.9. The van der Waals surface area contributed by atoms with Gasteiger partial charge in [0.2, 0.25) is 0 Å². The molecule has 3 aromatic rings. The molecule has 4 nitrogen and oxygen atoms in total. The predicted molar refractivity (Wildman–Crippen MR) is 136 cm³/mol. The first-order valence-corrected chi connectivity index (χ1v) is 11.5. The number of hydrogen-bond acceptors (Lipinski definition) is 3. The van der Waals surface area contributed by atoms with Gasteiger partial charge in [-0.05, 0) is 86.6 Å². The van der Waals surface area contributed by atoms with E-state index in [1.165, 1.54) is 6.08 Å². The lowest BCUT2D eigenvalue weighted by Crippen LogP contribution is -2.13. The molecule has 8 heteroatoms. The fourth-order valence-electron chi connectivity index (χ4n) is 2.65. The molecule has 0 spiro atoms. The summed E-state index contributed by atoms with van der Waals surface area (Å²) in [6.07, 6.45) is 1.52. The average molecular weight is 628 g/mol. The number of halogens is 4. The van der Waals surface area contributed by atoms with Crippen molar-refractivity contribution in [3.63, 3.8) is 0 Å². The highest BCUT2D eigenvalue weighted by atomic mass is 127. The Morgan fingerprint density at radius 1 is 1.16 bits per heavy atom. The zero-order chi connectivity index (χ0) is 22.4. The van der Waals surface area contributed by atoms with Gasteiger partial charge in [0.05, 0.1) is 8.04 Å². The van der Waals surface area contributed by atoms with Crippen LogP contribution < -0.4 is 10.1 Å². The third-order valence-electron chi connectivity index (χ3n) is 4.11. The Morgan fingerprint density at radius 3 is 2.61 bits per heavy atom. The lowest BCUT2D eigenvalue weighted by Gasteiger charge is -2.12. The molecule has 0 heterocycles. The largest absolute Gasteiger partial charge is 0.487 e. The maximum absolute atomic E-state index is 12.5. The van der Waals surface area contributed by atoms with E-state index in [9.17, 15) is 10.1 Å². The third kappa shape index (κ3) is 6.47. The number of ether oxygens (including phenoxy) is 1. The van der Waals surface area contributed by atoms with Crippen molar-refractivity contribution in [1.82, 2.24) is 0 Å². The first kappa shape index (κ1) is 23.6. The second kappa shape index (κ2) is 11.0. The van der Waals surface area contributed by atoms with Crippen molar-refractivity contribution in [2.24, 2.45) is 0 Å². The van der Waals surface area contributed by atoms with Crippen molar-refractivity contribution >= 4 is 79.4 Å². The highest BCUT2D eigenvalue weighted by Gasteiger charge is 2.13. The van der Waals surface area contributed by atoms with Crippen LogP contribution in [0, 0.1) is 14.9 Å². The van der Waals surface area contributed by atoms with Crippen molar-refractivity contribution in [1.29, 1.82) is 5.26 Å². The molecule has 0 aliphatic carbocycles. The normalized spacial score (nSPS) is 11.0. The Hall–Kier alpha value is -2.05. The summed E-state index contributed by atoms with van der Waals surface area (Å²) in [5.74, 6) is 0.134. The molecule has 0 fully saturated rings. The number of nitrogens with zero attached hydrogens (tertiary/aromatic N) is 1. The minimum atomic E-state index is -0.519. The van der Waals surface area contributed by atoms with Crippen molar-refractivity contribution in [2.75, 3.05) is 5.32 Å². The average Bonchev–Trinajstić information content (AvgIpc) is 2.72. The minimum Gasteiger partial charge on any atom is -0.487 e. The molecule has 1 amide bonds.